The van der Waals surface area contributed by atoms with Crippen molar-refractivity contribution in [2.45, 2.75) is 24.9 Å². The Morgan fingerprint density at radius 1 is 1.20 bits per heavy atom. The molecule has 0 saturated carbocycles. The maximum atomic E-state index is 13.8. The van der Waals surface area contributed by atoms with Gasteiger partial charge in [-0.2, -0.15) is 13.2 Å². The Balaban J connectivity index is 2.43. The highest BCUT2D eigenvalue weighted by molar-refractivity contribution is 6.35. The summed E-state index contributed by atoms with van der Waals surface area (Å²) in [6, 6.07) is 6.95. The number of benzene rings is 1. The van der Waals surface area contributed by atoms with Crippen molar-refractivity contribution < 1.29 is 23.0 Å². The van der Waals surface area contributed by atoms with E-state index in [1.165, 1.54) is 43.5 Å². The molecule has 0 aliphatic heterocycles. The second kappa shape index (κ2) is 8.25. The molecule has 1 aromatic heterocycles. The van der Waals surface area contributed by atoms with E-state index in [0.717, 1.165) is 0 Å². The average molecular weight is 394 g/mol. The molecule has 136 valence electrons. The molecular formula is C17H16Cl2F3NO2. The van der Waals surface area contributed by atoms with Crippen molar-refractivity contribution >= 4 is 23.2 Å². The van der Waals surface area contributed by atoms with Crippen LogP contribution < -0.4 is 4.74 Å². The van der Waals surface area contributed by atoms with Crippen LogP contribution in [0.2, 0.25) is 10.0 Å². The smallest absolute Gasteiger partial charge is 0.396 e. The third kappa shape index (κ3) is 5.00. The van der Waals surface area contributed by atoms with E-state index in [-0.39, 0.29) is 29.7 Å². The predicted octanol–water partition coefficient (Wildman–Crippen LogP) is 5.21. The van der Waals surface area contributed by atoms with E-state index in [2.05, 4.69) is 4.98 Å². The number of hydrogen-bond acceptors (Lipinski definition) is 3. The Morgan fingerprint density at radius 3 is 2.52 bits per heavy atom. The van der Waals surface area contributed by atoms with Crippen LogP contribution in [0.15, 0.2) is 36.5 Å². The van der Waals surface area contributed by atoms with Gasteiger partial charge < -0.3 is 9.84 Å². The average Bonchev–Trinajstić information content (AvgIpc) is 2.52. The van der Waals surface area contributed by atoms with Crippen LogP contribution in [-0.4, -0.2) is 29.5 Å². The van der Waals surface area contributed by atoms with Crippen molar-refractivity contribution in [2.75, 3.05) is 13.2 Å². The van der Waals surface area contributed by atoms with Crippen LogP contribution in [0, 0.1) is 0 Å². The Hall–Kier alpha value is -1.50. The van der Waals surface area contributed by atoms with E-state index in [9.17, 15) is 13.2 Å². The van der Waals surface area contributed by atoms with E-state index in [0.29, 0.717) is 10.6 Å². The van der Waals surface area contributed by atoms with Crippen molar-refractivity contribution in [2.24, 2.45) is 0 Å². The second-order valence-electron chi connectivity index (χ2n) is 5.47. The number of alkyl halides is 3. The third-order valence-electron chi connectivity index (χ3n) is 3.76. The van der Waals surface area contributed by atoms with Gasteiger partial charge >= 0.3 is 6.18 Å². The van der Waals surface area contributed by atoms with Crippen LogP contribution in [0.3, 0.4) is 0 Å². The zero-order valence-electron chi connectivity index (χ0n) is 13.2. The van der Waals surface area contributed by atoms with Gasteiger partial charge in [-0.1, -0.05) is 36.2 Å². The van der Waals surface area contributed by atoms with Crippen molar-refractivity contribution in [3.05, 3.63) is 57.7 Å². The standard InChI is InChI=1S/C17H16Cl2F3NO2/c1-10(13-3-2-12(18)9-14(13)19)16(17(20,21)22)11-4-5-23-15(8-11)25-7-6-24/h2-5,8-10,16,24H,6-7H2,1H3. The first-order valence-corrected chi connectivity index (χ1v) is 8.21. The fourth-order valence-electron chi connectivity index (χ4n) is 2.66. The third-order valence-corrected chi connectivity index (χ3v) is 4.33. The number of pyridine rings is 1. The number of halogens is 5. The van der Waals surface area contributed by atoms with E-state index in [1.807, 2.05) is 0 Å². The summed E-state index contributed by atoms with van der Waals surface area (Å²) in [5.74, 6) is -2.72. The summed E-state index contributed by atoms with van der Waals surface area (Å²) in [5.41, 5.74) is 0.358. The lowest BCUT2D eigenvalue weighted by molar-refractivity contribution is -0.154. The first-order valence-electron chi connectivity index (χ1n) is 7.45. The van der Waals surface area contributed by atoms with Crippen molar-refractivity contribution in [1.82, 2.24) is 4.98 Å². The number of rotatable bonds is 6. The summed E-state index contributed by atoms with van der Waals surface area (Å²) in [7, 11) is 0. The Kier molecular flexibility index (Phi) is 6.54. The minimum Gasteiger partial charge on any atom is -0.475 e. The minimum atomic E-state index is -4.50. The number of aromatic nitrogens is 1. The molecule has 3 nitrogen and oxygen atoms in total. The van der Waals surface area contributed by atoms with E-state index in [1.54, 1.807) is 0 Å². The molecule has 1 heterocycles. The maximum absolute atomic E-state index is 13.8. The fourth-order valence-corrected chi connectivity index (χ4v) is 3.24. The number of aliphatic hydroxyl groups excluding tert-OH is 1. The molecule has 1 N–H and O–H groups in total. The van der Waals surface area contributed by atoms with Gasteiger partial charge in [-0.25, -0.2) is 4.98 Å². The summed E-state index contributed by atoms with van der Waals surface area (Å²) < 4.78 is 46.4. The molecule has 2 unspecified atom stereocenters. The van der Waals surface area contributed by atoms with Crippen LogP contribution >= 0.6 is 23.2 Å². The molecule has 2 rings (SSSR count). The molecule has 0 saturated heterocycles. The lowest BCUT2D eigenvalue weighted by atomic mass is 9.82. The van der Waals surface area contributed by atoms with E-state index < -0.39 is 18.0 Å². The maximum Gasteiger partial charge on any atom is 0.396 e. The molecule has 25 heavy (non-hydrogen) atoms. The Bertz CT molecular complexity index is 725. The fraction of sp³-hybridized carbons (Fsp3) is 0.353. The lowest BCUT2D eigenvalue weighted by Crippen LogP contribution is -2.26. The quantitative estimate of drug-likeness (QED) is 0.732. The number of nitrogens with zero attached hydrogens (tertiary/aromatic N) is 1. The van der Waals surface area contributed by atoms with Gasteiger partial charge in [0, 0.05) is 22.3 Å². The van der Waals surface area contributed by atoms with Crippen LogP contribution in [0.25, 0.3) is 0 Å². The minimum absolute atomic E-state index is 0.00829. The van der Waals surface area contributed by atoms with Crippen LogP contribution in [0.4, 0.5) is 13.2 Å². The van der Waals surface area contributed by atoms with Gasteiger partial charge in [-0.15, -0.1) is 0 Å². The number of aliphatic hydroxyl groups is 1. The normalized spacial score (nSPS) is 14.2. The molecule has 1 aromatic carbocycles. The van der Waals surface area contributed by atoms with E-state index in [4.69, 9.17) is 33.0 Å². The molecule has 0 fully saturated rings. The van der Waals surface area contributed by atoms with Gasteiger partial charge in [-0.05, 0) is 35.2 Å². The molecule has 0 bridgehead atoms. The first kappa shape index (κ1) is 19.8. The summed E-state index contributed by atoms with van der Waals surface area (Å²) in [6.07, 6.45) is -3.26. The van der Waals surface area contributed by atoms with Gasteiger partial charge in [0.2, 0.25) is 5.88 Å². The molecule has 0 spiro atoms. The topological polar surface area (TPSA) is 42.4 Å². The highest BCUT2D eigenvalue weighted by atomic mass is 35.5. The zero-order valence-corrected chi connectivity index (χ0v) is 14.7. The van der Waals surface area contributed by atoms with Gasteiger partial charge in [0.05, 0.1) is 12.5 Å². The molecule has 2 aromatic rings. The molecular weight excluding hydrogens is 378 g/mol. The van der Waals surface area contributed by atoms with Gasteiger partial charge in [0.15, 0.2) is 0 Å². The highest BCUT2D eigenvalue weighted by Gasteiger charge is 2.45. The highest BCUT2D eigenvalue weighted by Crippen LogP contribution is 2.46. The lowest BCUT2D eigenvalue weighted by Gasteiger charge is -2.28. The molecule has 8 heteroatoms. The molecule has 0 amide bonds. The molecule has 0 radical (unpaired) electrons. The number of ether oxygens (including phenoxy) is 1. The van der Waals surface area contributed by atoms with E-state index >= 15 is 0 Å². The molecule has 0 aliphatic carbocycles. The Morgan fingerprint density at radius 2 is 1.92 bits per heavy atom. The largest absolute Gasteiger partial charge is 0.475 e. The summed E-state index contributed by atoms with van der Waals surface area (Å²) in [4.78, 5) is 3.86. The van der Waals surface area contributed by atoms with Crippen LogP contribution in [-0.2, 0) is 0 Å². The monoisotopic (exact) mass is 393 g/mol. The van der Waals surface area contributed by atoms with Gasteiger partial charge in [0.25, 0.3) is 0 Å². The van der Waals surface area contributed by atoms with Crippen molar-refractivity contribution in [3.8, 4) is 5.88 Å². The number of hydrogen-bond donors (Lipinski definition) is 1. The summed E-state index contributed by atoms with van der Waals surface area (Å²) >= 11 is 11.9. The van der Waals surface area contributed by atoms with Gasteiger partial charge in [-0.3, -0.25) is 0 Å². The molecule has 0 aliphatic rings. The second-order valence-corrected chi connectivity index (χ2v) is 6.32. The summed E-state index contributed by atoms with van der Waals surface area (Å²) in [6.45, 7) is 1.15. The first-order chi connectivity index (χ1) is 11.7. The predicted molar refractivity (Wildman–Crippen MR) is 90.5 cm³/mol. The van der Waals surface area contributed by atoms with Crippen molar-refractivity contribution in [1.29, 1.82) is 0 Å². The summed E-state index contributed by atoms with van der Waals surface area (Å²) in [5, 5.41) is 9.30. The zero-order chi connectivity index (χ0) is 18.6. The van der Waals surface area contributed by atoms with Crippen LogP contribution in [0.5, 0.6) is 5.88 Å². The van der Waals surface area contributed by atoms with Gasteiger partial charge in [0.1, 0.15) is 6.61 Å². The molecule has 2 atom stereocenters. The van der Waals surface area contributed by atoms with Crippen LogP contribution in [0.1, 0.15) is 29.9 Å². The Labute approximate surface area is 153 Å². The van der Waals surface area contributed by atoms with Crippen molar-refractivity contribution in [3.63, 3.8) is 0 Å². The SMILES string of the molecule is CC(c1ccc(Cl)cc1Cl)C(c1ccnc(OCCO)c1)C(F)(F)F.